The van der Waals surface area contributed by atoms with Crippen LogP contribution < -0.4 is 5.32 Å². The van der Waals surface area contributed by atoms with E-state index in [9.17, 15) is 4.79 Å². The fourth-order valence-electron chi connectivity index (χ4n) is 4.21. The van der Waals surface area contributed by atoms with Gasteiger partial charge in [0.05, 0.1) is 12.2 Å². The first kappa shape index (κ1) is 27.1. The van der Waals surface area contributed by atoms with E-state index >= 15 is 0 Å². The lowest BCUT2D eigenvalue weighted by atomic mass is 10.1. The zero-order valence-electron chi connectivity index (χ0n) is 20.7. The Hall–Kier alpha value is -2.10. The monoisotopic (exact) mass is 566 g/mol. The third-order valence-electron chi connectivity index (χ3n) is 5.82. The molecule has 0 spiro atoms. The van der Waals surface area contributed by atoms with E-state index in [4.69, 9.17) is 4.99 Å². The van der Waals surface area contributed by atoms with E-state index in [1.165, 1.54) is 12.0 Å². The first-order valence-corrected chi connectivity index (χ1v) is 11.8. The first-order valence-electron chi connectivity index (χ1n) is 11.8. The number of rotatable bonds is 7. The molecule has 1 N–H and O–H groups in total. The van der Waals surface area contributed by atoms with Gasteiger partial charge in [0.15, 0.2) is 5.96 Å². The van der Waals surface area contributed by atoms with Crippen molar-refractivity contribution in [3.8, 4) is 0 Å². The molecule has 1 aliphatic heterocycles. The number of aromatic nitrogens is 2. The summed E-state index contributed by atoms with van der Waals surface area (Å²) in [6.07, 6.45) is 5.51. The van der Waals surface area contributed by atoms with Crippen LogP contribution in [-0.2, 0) is 20.1 Å². The minimum absolute atomic E-state index is 0. The molecule has 0 aliphatic carbocycles. The molecule has 7 nitrogen and oxygen atoms in total. The van der Waals surface area contributed by atoms with Crippen molar-refractivity contribution in [2.24, 2.45) is 12.0 Å². The number of piperidine rings is 1. The van der Waals surface area contributed by atoms with Gasteiger partial charge in [-0.15, -0.1) is 24.0 Å². The number of aliphatic imine (C=N–C) groups is 1. The highest BCUT2D eigenvalue weighted by atomic mass is 127. The van der Waals surface area contributed by atoms with Gasteiger partial charge in [-0.3, -0.25) is 9.48 Å². The van der Waals surface area contributed by atoms with Gasteiger partial charge in [0.1, 0.15) is 0 Å². The Kier molecular flexibility index (Phi) is 10.7. The highest BCUT2D eigenvalue weighted by Crippen LogP contribution is 2.19. The molecule has 3 rings (SSSR count). The molecule has 182 valence electrons. The van der Waals surface area contributed by atoms with E-state index in [0.29, 0.717) is 12.5 Å². The van der Waals surface area contributed by atoms with Crippen molar-refractivity contribution in [1.29, 1.82) is 0 Å². The van der Waals surface area contributed by atoms with Crippen LogP contribution in [0.25, 0.3) is 0 Å². The summed E-state index contributed by atoms with van der Waals surface area (Å²) < 4.78 is 1.88. The molecule has 1 fully saturated rings. The van der Waals surface area contributed by atoms with E-state index in [1.807, 2.05) is 40.9 Å². The molecule has 2 heterocycles. The van der Waals surface area contributed by atoms with Crippen molar-refractivity contribution < 1.29 is 4.79 Å². The second-order valence-electron chi connectivity index (χ2n) is 8.95. The molecule has 1 amide bonds. The van der Waals surface area contributed by atoms with Gasteiger partial charge in [0.25, 0.3) is 5.91 Å². The van der Waals surface area contributed by atoms with Crippen LogP contribution in [-0.4, -0.2) is 58.1 Å². The van der Waals surface area contributed by atoms with Gasteiger partial charge in [0.2, 0.25) is 0 Å². The number of aryl methyl sites for hydroxylation is 1. The number of halogens is 1. The Morgan fingerprint density at radius 3 is 2.64 bits per heavy atom. The predicted octanol–water partition coefficient (Wildman–Crippen LogP) is 4.39. The van der Waals surface area contributed by atoms with Crippen molar-refractivity contribution >= 4 is 35.8 Å². The molecule has 1 aromatic carbocycles. The Bertz CT molecular complexity index is 933. The van der Waals surface area contributed by atoms with Gasteiger partial charge < -0.3 is 15.1 Å². The number of likely N-dealkylation sites (tertiary alicyclic amines) is 1. The normalized spacial score (nSPS) is 14.2. The Balaban J connectivity index is 0.00000385. The molecule has 8 heteroatoms. The third-order valence-corrected chi connectivity index (χ3v) is 5.82. The van der Waals surface area contributed by atoms with Crippen LogP contribution in [0.5, 0.6) is 0 Å². The second kappa shape index (κ2) is 13.0. The lowest BCUT2D eigenvalue weighted by molar-refractivity contribution is 0.0724. The number of benzene rings is 1. The molecule has 0 atom stereocenters. The van der Waals surface area contributed by atoms with Crippen molar-refractivity contribution in [2.75, 3.05) is 26.7 Å². The highest BCUT2D eigenvalue weighted by Gasteiger charge is 2.18. The lowest BCUT2D eigenvalue weighted by Crippen LogP contribution is -2.38. The molecule has 0 radical (unpaired) electrons. The maximum atomic E-state index is 12.9. The topological polar surface area (TPSA) is 65.8 Å². The fourth-order valence-corrected chi connectivity index (χ4v) is 4.21. The Morgan fingerprint density at radius 2 is 1.97 bits per heavy atom. The summed E-state index contributed by atoms with van der Waals surface area (Å²) in [6.45, 7) is 10.2. The number of amides is 1. The van der Waals surface area contributed by atoms with E-state index < -0.39 is 0 Å². The maximum Gasteiger partial charge on any atom is 0.253 e. The number of guanidine groups is 1. The van der Waals surface area contributed by atoms with E-state index in [0.717, 1.165) is 61.8 Å². The Morgan fingerprint density at radius 1 is 1.24 bits per heavy atom. The van der Waals surface area contributed by atoms with Crippen molar-refractivity contribution in [3.05, 3.63) is 52.8 Å². The van der Waals surface area contributed by atoms with Crippen LogP contribution in [0.15, 0.2) is 35.5 Å². The second-order valence-corrected chi connectivity index (χ2v) is 8.95. The summed E-state index contributed by atoms with van der Waals surface area (Å²) in [6, 6.07) is 7.90. The first-order chi connectivity index (χ1) is 15.4. The molecule has 0 saturated carbocycles. The van der Waals surface area contributed by atoms with Crippen LogP contribution in [0.4, 0.5) is 0 Å². The van der Waals surface area contributed by atoms with Crippen LogP contribution in [0.3, 0.4) is 0 Å². The summed E-state index contributed by atoms with van der Waals surface area (Å²) in [7, 11) is 4.02. The zero-order valence-corrected chi connectivity index (χ0v) is 23.0. The molecule has 33 heavy (non-hydrogen) atoms. The number of carbonyl (C=O) groups excluding carboxylic acids is 1. The van der Waals surface area contributed by atoms with E-state index in [1.54, 1.807) is 0 Å². The van der Waals surface area contributed by atoms with E-state index in [2.05, 4.69) is 49.3 Å². The summed E-state index contributed by atoms with van der Waals surface area (Å²) in [5.41, 5.74) is 4.14. The van der Waals surface area contributed by atoms with Crippen molar-refractivity contribution in [3.63, 3.8) is 0 Å². The number of carbonyl (C=O) groups is 1. The zero-order chi connectivity index (χ0) is 23.1. The van der Waals surface area contributed by atoms with Gasteiger partial charge in [-0.05, 0) is 49.8 Å². The average Bonchev–Trinajstić information content (AvgIpc) is 3.17. The van der Waals surface area contributed by atoms with Crippen molar-refractivity contribution in [1.82, 2.24) is 24.9 Å². The van der Waals surface area contributed by atoms with E-state index in [-0.39, 0.29) is 29.9 Å². The number of hydrogen-bond donors (Lipinski definition) is 1. The number of nitrogens with zero attached hydrogens (tertiary/aromatic N) is 5. The quantitative estimate of drug-likeness (QED) is 0.307. The lowest BCUT2D eigenvalue weighted by Gasteiger charge is -2.26. The molecular formula is C25H39IN6O. The fraction of sp³-hybridized carbons (Fsp3) is 0.560. The largest absolute Gasteiger partial charge is 0.357 e. The average molecular weight is 567 g/mol. The number of hydrogen-bond acceptors (Lipinski definition) is 3. The maximum absolute atomic E-state index is 12.9. The summed E-state index contributed by atoms with van der Waals surface area (Å²) in [5.74, 6) is 1.36. The van der Waals surface area contributed by atoms with Gasteiger partial charge in [-0.1, -0.05) is 26.0 Å². The van der Waals surface area contributed by atoms with Crippen LogP contribution >= 0.6 is 24.0 Å². The predicted molar refractivity (Wildman–Crippen MR) is 145 cm³/mol. The highest BCUT2D eigenvalue weighted by molar-refractivity contribution is 14.0. The molecule has 0 bridgehead atoms. The van der Waals surface area contributed by atoms with Gasteiger partial charge >= 0.3 is 0 Å². The minimum Gasteiger partial charge on any atom is -0.357 e. The molecule has 1 saturated heterocycles. The van der Waals surface area contributed by atoms with Crippen LogP contribution in [0.1, 0.15) is 73.1 Å². The van der Waals surface area contributed by atoms with Gasteiger partial charge in [-0.2, -0.15) is 5.10 Å². The van der Waals surface area contributed by atoms with Gasteiger partial charge in [0, 0.05) is 57.6 Å². The van der Waals surface area contributed by atoms with Crippen LogP contribution in [0, 0.1) is 0 Å². The Labute approximate surface area is 215 Å². The molecule has 2 aromatic rings. The van der Waals surface area contributed by atoms with Crippen LogP contribution in [0.2, 0.25) is 0 Å². The summed E-state index contributed by atoms with van der Waals surface area (Å²) in [4.78, 5) is 21.8. The minimum atomic E-state index is 0. The number of nitrogens with one attached hydrogen (secondary N) is 1. The summed E-state index contributed by atoms with van der Waals surface area (Å²) >= 11 is 0. The standard InChI is InChI=1S/C25H38N6O.HI/c1-6-26-25(29(4)17-22-18-30(5)28-23(22)19(2)3)27-16-20-11-10-12-21(15-20)24(32)31-13-8-7-9-14-31;/h10-12,15,18-19H,6-9,13-14,16-17H2,1-5H3,(H,26,27);1H. The third kappa shape index (κ3) is 7.45. The molecule has 1 aliphatic rings. The molecule has 1 aromatic heterocycles. The smallest absolute Gasteiger partial charge is 0.253 e. The van der Waals surface area contributed by atoms with Crippen molar-refractivity contribution in [2.45, 2.75) is 59.0 Å². The van der Waals surface area contributed by atoms with Gasteiger partial charge in [-0.25, -0.2) is 4.99 Å². The molecule has 0 unspecified atom stereocenters. The molecular weight excluding hydrogens is 527 g/mol. The summed E-state index contributed by atoms with van der Waals surface area (Å²) in [5, 5.41) is 8.01. The SMILES string of the molecule is CCNC(=NCc1cccc(C(=O)N2CCCCC2)c1)N(C)Cc1cn(C)nc1C(C)C.I.